The number of amides is 14. The van der Waals surface area contributed by atoms with Gasteiger partial charge in [0.2, 0.25) is 23.6 Å². The number of aromatic nitrogens is 2. The minimum atomic E-state index is -2.03. The zero-order chi connectivity index (χ0) is 69.5. The molecule has 26 nitrogen and oxygen atoms in total. The minimum Gasteiger partial charge on any atom is -0.508 e. The van der Waals surface area contributed by atoms with Crippen molar-refractivity contribution < 1.29 is 57.8 Å². The average Bonchev–Trinajstić information content (AvgIpc) is 1.26. The maximum atomic E-state index is 15.4. The number of phenols is 1. The third-order valence-electron chi connectivity index (χ3n) is 17.7. The second-order valence-electron chi connectivity index (χ2n) is 24.6. The number of halogens is 1. The SMILES string of the molecule is CCCC[C@@H]1NC(=O)[C@H](Cc2c[nH]c3ccccc23)NC(=O)[C@H](C)NC(=O)[C@@H](C(=O)N2CCCCC2)NC(=O)N(CCC)C(=O)N(C)C(=O)[C@H](Cc2cccc(Cl)c2)N(C)C(=O)[C@@H](C)N(C)C(=O)N(C)C(=O)[C@@H](Cc2ccc(O)cc2)NC(=O)[C@H](Cc2c[nH]c3ccccc23)N1. The number of benzene rings is 4. The van der Waals surface area contributed by atoms with Gasteiger partial charge in [-0.25, -0.2) is 19.3 Å². The lowest BCUT2D eigenvalue weighted by atomic mass is 10.0. The van der Waals surface area contributed by atoms with Gasteiger partial charge in [0, 0.05) is 106 Å². The van der Waals surface area contributed by atoms with E-state index >= 15 is 19.2 Å². The predicted molar refractivity (Wildman–Crippen MR) is 361 cm³/mol. The molecule has 2 aliphatic rings. The second-order valence-corrected chi connectivity index (χ2v) is 25.1. The Hall–Kier alpha value is -9.82. The van der Waals surface area contributed by atoms with Crippen molar-refractivity contribution in [1.82, 2.24) is 71.3 Å². The quantitative estimate of drug-likeness (QED) is 0.0613. The first-order chi connectivity index (χ1) is 45.9. The fourth-order valence-corrected chi connectivity index (χ4v) is 12.2. The number of H-pyrrole nitrogens is 2. The van der Waals surface area contributed by atoms with Crippen LogP contribution in [0.5, 0.6) is 5.75 Å². The fraction of sp³-hybridized carbons (Fsp3) is 0.435. The zero-order valence-corrected chi connectivity index (χ0v) is 56.2. The molecule has 2 aromatic heterocycles. The Bertz CT molecular complexity index is 3810. The highest BCUT2D eigenvalue weighted by Crippen LogP contribution is 2.24. The van der Waals surface area contributed by atoms with Gasteiger partial charge in [0.15, 0.2) is 6.04 Å². The van der Waals surface area contributed by atoms with Crippen molar-refractivity contribution >= 4 is 98.8 Å². The number of piperidine rings is 1. The maximum absolute atomic E-state index is 15.4. The standard InChI is InChI=1S/C69H87ClN14O12/c1-9-11-26-57-74-53(37-45-39-71-51-24-15-13-22-49(45)51)60(87)76-55(35-43-27-29-48(85)30-28-43)64(91)81(7)68(95)79(5)42(4)63(90)80(6)56(36-44-20-19-21-47(70)34-44)65(92)82(8)69(96)84(31-10-2)67(94)78-58(66(93)83-32-17-12-18-33-83)62(89)73-41(3)59(86)75-54(61(88)77-57)38-46-40-72-52-25-16-14-23-50(46)52/h13-16,19-25,27-30,34,39-42,53-58,71-72,74,85H,9-12,17-18,26,31-33,35-38H2,1-8H3,(H,73,89)(H,75,86)(H,76,87)(H,77,88)(H,78,94)/t41-,42+,53-,54-,55+,56-,57-,58-/m0/s1. The molecule has 14 amide bonds. The maximum Gasteiger partial charge on any atom is 0.334 e. The van der Waals surface area contributed by atoms with E-state index in [9.17, 15) is 38.7 Å². The van der Waals surface area contributed by atoms with E-state index < -0.39 is 114 Å². The van der Waals surface area contributed by atoms with Crippen molar-refractivity contribution in [1.29, 1.82) is 0 Å². The number of aromatic amines is 2. The highest BCUT2D eigenvalue weighted by molar-refractivity contribution is 6.30. The Morgan fingerprint density at radius 1 is 0.562 bits per heavy atom. The molecule has 96 heavy (non-hydrogen) atoms. The van der Waals surface area contributed by atoms with E-state index in [-0.39, 0.29) is 68.9 Å². The summed E-state index contributed by atoms with van der Waals surface area (Å²) in [5.74, 6) is -7.08. The largest absolute Gasteiger partial charge is 0.508 e. The minimum absolute atomic E-state index is 0.0189. The van der Waals surface area contributed by atoms with Crippen LogP contribution in [0.4, 0.5) is 14.4 Å². The summed E-state index contributed by atoms with van der Waals surface area (Å²) >= 11 is 6.42. The lowest BCUT2D eigenvalue weighted by Gasteiger charge is -2.36. The number of fused-ring (bicyclic) bond motifs is 2. The van der Waals surface area contributed by atoms with Crippen LogP contribution in [-0.4, -0.2) is 206 Å². The van der Waals surface area contributed by atoms with Crippen LogP contribution in [0.2, 0.25) is 5.02 Å². The number of hydrogen-bond donors (Lipinski definition) is 9. The lowest BCUT2D eigenvalue weighted by Crippen LogP contribution is -2.63. The molecule has 0 unspecified atom stereocenters. The average molecular weight is 1340 g/mol. The van der Waals surface area contributed by atoms with Crippen molar-refractivity contribution in [3.8, 4) is 5.75 Å². The summed E-state index contributed by atoms with van der Waals surface area (Å²) in [4.78, 5) is 176. The fourth-order valence-electron chi connectivity index (χ4n) is 12.0. The molecule has 0 aliphatic carbocycles. The molecule has 8 atom stereocenters. The summed E-state index contributed by atoms with van der Waals surface area (Å²) in [7, 11) is 4.84. The van der Waals surface area contributed by atoms with Crippen molar-refractivity contribution in [2.45, 2.75) is 147 Å². The summed E-state index contributed by atoms with van der Waals surface area (Å²) in [5.41, 5.74) is 3.76. The Morgan fingerprint density at radius 3 is 1.77 bits per heavy atom. The van der Waals surface area contributed by atoms with E-state index in [1.807, 2.05) is 55.5 Å². The molecule has 8 rings (SSSR count). The van der Waals surface area contributed by atoms with Gasteiger partial charge in [0.1, 0.15) is 36.0 Å². The van der Waals surface area contributed by atoms with Gasteiger partial charge in [-0.2, -0.15) is 0 Å². The Morgan fingerprint density at radius 2 is 1.16 bits per heavy atom. The normalized spacial score (nSPS) is 22.7. The second kappa shape index (κ2) is 33.0. The van der Waals surface area contributed by atoms with Crippen molar-refractivity contribution in [3.63, 3.8) is 0 Å². The van der Waals surface area contributed by atoms with E-state index in [2.05, 4.69) is 41.9 Å². The molecule has 0 saturated carbocycles. The van der Waals surface area contributed by atoms with Crippen LogP contribution in [-0.2, 0) is 64.0 Å². The number of unbranched alkanes of at least 4 members (excludes halogenated alkanes) is 1. The molecule has 2 saturated heterocycles. The number of nitrogens with zero attached hydrogens (tertiary/aromatic N) is 6. The van der Waals surface area contributed by atoms with Gasteiger partial charge in [0.25, 0.3) is 23.6 Å². The number of rotatable bonds is 14. The van der Waals surface area contributed by atoms with Crippen LogP contribution in [0.15, 0.2) is 109 Å². The number of nitrogens with one attached hydrogen (secondary N) is 8. The van der Waals surface area contributed by atoms with E-state index in [1.54, 1.807) is 55.7 Å². The van der Waals surface area contributed by atoms with Gasteiger partial charge < -0.3 is 56.4 Å². The molecule has 4 heterocycles. The van der Waals surface area contributed by atoms with Crippen LogP contribution >= 0.6 is 11.6 Å². The van der Waals surface area contributed by atoms with Crippen molar-refractivity contribution in [2.75, 3.05) is 47.8 Å². The Labute approximate surface area is 562 Å². The number of phenolic OH excluding ortho intramolecular Hbond substituents is 1. The number of carbonyl (C=O) groups excluding carboxylic acids is 11. The Balaban J connectivity index is 1.23. The first kappa shape index (κ1) is 72.0. The van der Waals surface area contributed by atoms with Gasteiger partial charge >= 0.3 is 18.1 Å². The van der Waals surface area contributed by atoms with Gasteiger partial charge in [0.05, 0.1) is 12.2 Å². The number of imide groups is 3. The number of aromatic hydroxyl groups is 1. The summed E-state index contributed by atoms with van der Waals surface area (Å²) in [6.45, 7) is 6.43. The molecule has 27 heteroatoms. The number of urea groups is 3. The van der Waals surface area contributed by atoms with Crippen molar-refractivity contribution in [2.24, 2.45) is 0 Å². The predicted octanol–water partition coefficient (Wildman–Crippen LogP) is 5.46. The van der Waals surface area contributed by atoms with Crippen LogP contribution in [0.1, 0.15) is 94.9 Å². The molecule has 4 aromatic carbocycles. The molecule has 2 aliphatic heterocycles. The first-order valence-corrected chi connectivity index (χ1v) is 32.9. The first-order valence-electron chi connectivity index (χ1n) is 32.5. The molecule has 0 bridgehead atoms. The van der Waals surface area contributed by atoms with Gasteiger partial charge in [-0.3, -0.25) is 53.5 Å². The van der Waals surface area contributed by atoms with Gasteiger partial charge in [-0.05, 0) is 111 Å². The number of hydrogen-bond acceptors (Lipinski definition) is 13. The highest BCUT2D eigenvalue weighted by atomic mass is 35.5. The van der Waals surface area contributed by atoms with E-state index in [4.69, 9.17) is 11.6 Å². The van der Waals surface area contributed by atoms with Crippen LogP contribution < -0.4 is 31.9 Å². The molecular formula is C69H87ClN14O12. The molecule has 512 valence electrons. The van der Waals surface area contributed by atoms with E-state index in [0.717, 1.165) is 50.0 Å². The molecule has 0 radical (unpaired) electrons. The van der Waals surface area contributed by atoms with Gasteiger partial charge in [-0.1, -0.05) is 99.0 Å². The van der Waals surface area contributed by atoms with Crippen LogP contribution in [0.3, 0.4) is 0 Å². The third-order valence-corrected chi connectivity index (χ3v) is 18.0. The lowest BCUT2D eigenvalue weighted by molar-refractivity contribution is -0.144. The summed E-state index contributed by atoms with van der Waals surface area (Å²) in [6.07, 6.45) is 5.40. The Kier molecular flexibility index (Phi) is 24.8. The zero-order valence-electron chi connectivity index (χ0n) is 55.4. The molecule has 0 spiro atoms. The molecule has 2 fully saturated rings. The van der Waals surface area contributed by atoms with E-state index in [1.165, 1.54) is 52.0 Å². The number of carbonyl (C=O) groups is 11. The number of para-hydroxylation sites is 2. The molecular weight excluding hydrogens is 1250 g/mol. The number of likely N-dealkylation sites (tertiary alicyclic amines) is 1. The highest BCUT2D eigenvalue weighted by Gasteiger charge is 2.42. The van der Waals surface area contributed by atoms with Gasteiger partial charge in [-0.15, -0.1) is 0 Å². The topological polar surface area (TPSA) is 331 Å². The molecule has 6 aromatic rings. The van der Waals surface area contributed by atoms with Crippen LogP contribution in [0.25, 0.3) is 21.8 Å². The summed E-state index contributed by atoms with van der Waals surface area (Å²) < 4.78 is 0. The molecule has 9 N–H and O–H groups in total. The smallest absolute Gasteiger partial charge is 0.334 e. The van der Waals surface area contributed by atoms with Crippen LogP contribution in [0, 0.1) is 0 Å². The summed E-state index contributed by atoms with van der Waals surface area (Å²) in [5, 5.41) is 29.3. The number of likely N-dealkylation sites (N-methyl/N-ethyl adjacent to an activating group) is 4. The summed E-state index contributed by atoms with van der Waals surface area (Å²) in [6, 6.07) is 13.1. The van der Waals surface area contributed by atoms with E-state index in [0.29, 0.717) is 57.7 Å². The monoisotopic (exact) mass is 1340 g/mol. The third kappa shape index (κ3) is 17.7. The van der Waals surface area contributed by atoms with Crippen molar-refractivity contribution in [3.05, 3.63) is 137 Å².